The van der Waals surface area contributed by atoms with Crippen LogP contribution >= 0.6 is 0 Å². The van der Waals surface area contributed by atoms with Crippen LogP contribution in [0.15, 0.2) is 84.9 Å². The van der Waals surface area contributed by atoms with Crippen molar-refractivity contribution in [2.45, 2.75) is 25.3 Å². The average molecular weight is 414 g/mol. The van der Waals surface area contributed by atoms with E-state index in [1.165, 1.54) is 4.90 Å². The zero-order valence-corrected chi connectivity index (χ0v) is 16.9. The Morgan fingerprint density at radius 1 is 0.871 bits per heavy atom. The molecule has 0 saturated carbocycles. The molecule has 0 fully saturated rings. The summed E-state index contributed by atoms with van der Waals surface area (Å²) in [7, 11) is 0. The average Bonchev–Trinajstić information content (AvgIpc) is 2.79. The number of benzene rings is 3. The highest BCUT2D eigenvalue weighted by molar-refractivity contribution is 6.06. The SMILES string of the molecule is O=C(C[C@H]1C(=O)Oc2ccccc2N1C(=O)CCc1ccccc1)Nc1ccccc1. The van der Waals surface area contributed by atoms with Crippen molar-refractivity contribution >= 4 is 29.2 Å². The van der Waals surface area contributed by atoms with Crippen LogP contribution < -0.4 is 15.0 Å². The number of para-hydroxylation sites is 3. The molecule has 6 heteroatoms. The second-order valence-corrected chi connectivity index (χ2v) is 7.27. The van der Waals surface area contributed by atoms with Crippen molar-refractivity contribution < 1.29 is 19.1 Å². The Bertz CT molecular complexity index is 1080. The van der Waals surface area contributed by atoms with Crippen LogP contribution in [-0.2, 0) is 20.8 Å². The van der Waals surface area contributed by atoms with E-state index in [1.54, 1.807) is 48.5 Å². The molecule has 1 aliphatic heterocycles. The molecule has 1 heterocycles. The first-order chi connectivity index (χ1) is 15.1. The van der Waals surface area contributed by atoms with E-state index in [1.807, 2.05) is 36.4 Å². The number of hydrogen-bond acceptors (Lipinski definition) is 4. The van der Waals surface area contributed by atoms with E-state index in [4.69, 9.17) is 4.74 Å². The summed E-state index contributed by atoms with van der Waals surface area (Å²) in [5.74, 6) is -0.894. The van der Waals surface area contributed by atoms with E-state index in [0.29, 0.717) is 23.5 Å². The molecule has 0 radical (unpaired) electrons. The Hall–Kier alpha value is -3.93. The highest BCUT2D eigenvalue weighted by Crippen LogP contribution is 2.35. The standard InChI is InChI=1S/C25H22N2O4/c28-23(26-19-11-5-2-6-12-19)17-21-25(30)31-22-14-8-7-13-20(22)27(21)24(29)16-15-18-9-3-1-4-10-18/h1-14,21H,15-17H2,(H,26,28)/t21-/m0/s1. The number of fused-ring (bicyclic) bond motifs is 1. The topological polar surface area (TPSA) is 75.7 Å². The van der Waals surface area contributed by atoms with Crippen molar-refractivity contribution in [3.63, 3.8) is 0 Å². The van der Waals surface area contributed by atoms with Gasteiger partial charge in [0.15, 0.2) is 5.75 Å². The number of hydrogen-bond donors (Lipinski definition) is 1. The molecule has 0 bridgehead atoms. The number of rotatable bonds is 6. The molecule has 2 amide bonds. The van der Waals surface area contributed by atoms with Crippen molar-refractivity contribution in [3.8, 4) is 5.75 Å². The molecule has 0 aromatic heterocycles. The fraction of sp³-hybridized carbons (Fsp3) is 0.160. The number of esters is 1. The molecule has 1 aliphatic rings. The van der Waals surface area contributed by atoms with Crippen LogP contribution in [-0.4, -0.2) is 23.8 Å². The van der Waals surface area contributed by atoms with E-state index >= 15 is 0 Å². The highest BCUT2D eigenvalue weighted by Gasteiger charge is 2.39. The summed E-state index contributed by atoms with van der Waals surface area (Å²) in [6.45, 7) is 0. The monoisotopic (exact) mass is 414 g/mol. The molecule has 1 atom stereocenters. The summed E-state index contributed by atoms with van der Waals surface area (Å²) in [5.41, 5.74) is 2.15. The summed E-state index contributed by atoms with van der Waals surface area (Å²) < 4.78 is 5.43. The third kappa shape index (κ3) is 4.80. The molecule has 31 heavy (non-hydrogen) atoms. The number of anilines is 2. The molecule has 1 N–H and O–H groups in total. The molecule has 6 nitrogen and oxygen atoms in total. The van der Waals surface area contributed by atoms with Crippen LogP contribution in [0, 0.1) is 0 Å². The minimum absolute atomic E-state index is 0.195. The maximum Gasteiger partial charge on any atom is 0.335 e. The van der Waals surface area contributed by atoms with Crippen LogP contribution in [0.2, 0.25) is 0 Å². The first-order valence-corrected chi connectivity index (χ1v) is 10.1. The van der Waals surface area contributed by atoms with Gasteiger partial charge in [-0.3, -0.25) is 14.5 Å². The van der Waals surface area contributed by atoms with Crippen molar-refractivity contribution in [1.29, 1.82) is 0 Å². The first-order valence-electron chi connectivity index (χ1n) is 10.1. The van der Waals surface area contributed by atoms with Crippen molar-refractivity contribution in [2.75, 3.05) is 10.2 Å². The molecule has 0 unspecified atom stereocenters. The quantitative estimate of drug-likeness (QED) is 0.489. The molecule has 3 aromatic carbocycles. The van der Waals surface area contributed by atoms with E-state index in [-0.39, 0.29) is 24.7 Å². The van der Waals surface area contributed by atoms with Gasteiger partial charge in [-0.1, -0.05) is 60.7 Å². The van der Waals surface area contributed by atoms with Gasteiger partial charge >= 0.3 is 5.97 Å². The Kier molecular flexibility index (Phi) is 6.08. The predicted octanol–water partition coefficient (Wildman–Crippen LogP) is 3.97. The van der Waals surface area contributed by atoms with Crippen LogP contribution in [0.4, 0.5) is 11.4 Å². The predicted molar refractivity (Wildman–Crippen MR) is 118 cm³/mol. The van der Waals surface area contributed by atoms with Crippen molar-refractivity contribution in [3.05, 3.63) is 90.5 Å². The van der Waals surface area contributed by atoms with E-state index in [2.05, 4.69) is 5.32 Å². The lowest BCUT2D eigenvalue weighted by molar-refractivity contribution is -0.140. The van der Waals surface area contributed by atoms with Gasteiger partial charge in [0.05, 0.1) is 12.1 Å². The Balaban J connectivity index is 1.55. The molecule has 0 saturated heterocycles. The van der Waals surface area contributed by atoms with E-state index in [0.717, 1.165) is 5.56 Å². The Morgan fingerprint density at radius 2 is 1.52 bits per heavy atom. The molecular weight excluding hydrogens is 392 g/mol. The fourth-order valence-corrected chi connectivity index (χ4v) is 3.60. The van der Waals surface area contributed by atoms with Gasteiger partial charge in [0.25, 0.3) is 0 Å². The summed E-state index contributed by atoms with van der Waals surface area (Å²) in [5, 5.41) is 2.77. The number of aryl methyl sites for hydroxylation is 1. The molecule has 0 aliphatic carbocycles. The number of amides is 2. The normalized spacial score (nSPS) is 15.0. The zero-order chi connectivity index (χ0) is 21.6. The number of nitrogens with one attached hydrogen (secondary N) is 1. The molecular formula is C25H22N2O4. The summed E-state index contributed by atoms with van der Waals surface area (Å²) in [4.78, 5) is 40.0. The van der Waals surface area contributed by atoms with Crippen LogP contribution in [0.5, 0.6) is 5.75 Å². The van der Waals surface area contributed by atoms with E-state index in [9.17, 15) is 14.4 Å². The molecule has 3 aromatic rings. The molecule has 156 valence electrons. The summed E-state index contributed by atoms with van der Waals surface area (Å²) in [6, 6.07) is 24.5. The minimum Gasteiger partial charge on any atom is -0.423 e. The van der Waals surface area contributed by atoms with Crippen molar-refractivity contribution in [2.24, 2.45) is 0 Å². The van der Waals surface area contributed by atoms with Crippen LogP contribution in [0.3, 0.4) is 0 Å². The second kappa shape index (κ2) is 9.26. The third-order valence-electron chi connectivity index (χ3n) is 5.09. The van der Waals surface area contributed by atoms with Gasteiger partial charge in [-0.05, 0) is 36.2 Å². The second-order valence-electron chi connectivity index (χ2n) is 7.27. The zero-order valence-electron chi connectivity index (χ0n) is 16.9. The highest BCUT2D eigenvalue weighted by atomic mass is 16.5. The van der Waals surface area contributed by atoms with Gasteiger partial charge in [-0.15, -0.1) is 0 Å². The van der Waals surface area contributed by atoms with E-state index < -0.39 is 12.0 Å². The van der Waals surface area contributed by atoms with Gasteiger partial charge < -0.3 is 10.1 Å². The minimum atomic E-state index is -1.03. The largest absolute Gasteiger partial charge is 0.423 e. The van der Waals surface area contributed by atoms with Gasteiger partial charge in [0.2, 0.25) is 11.8 Å². The Labute approximate surface area is 180 Å². The number of nitrogens with zero attached hydrogens (tertiary/aromatic N) is 1. The molecule has 4 rings (SSSR count). The maximum absolute atomic E-state index is 13.2. The molecule has 0 spiro atoms. The summed E-state index contributed by atoms with van der Waals surface area (Å²) in [6.07, 6.45) is 0.553. The number of carbonyl (C=O) groups excluding carboxylic acids is 3. The number of carbonyl (C=O) groups is 3. The van der Waals surface area contributed by atoms with Gasteiger partial charge in [-0.25, -0.2) is 4.79 Å². The van der Waals surface area contributed by atoms with Gasteiger partial charge in [-0.2, -0.15) is 0 Å². The number of ether oxygens (including phenoxy) is 1. The van der Waals surface area contributed by atoms with Crippen LogP contribution in [0.1, 0.15) is 18.4 Å². The van der Waals surface area contributed by atoms with Gasteiger partial charge in [0.1, 0.15) is 6.04 Å². The first kappa shape index (κ1) is 20.3. The maximum atomic E-state index is 13.2. The van der Waals surface area contributed by atoms with Crippen LogP contribution in [0.25, 0.3) is 0 Å². The lowest BCUT2D eigenvalue weighted by Crippen LogP contribution is -2.51. The van der Waals surface area contributed by atoms with Crippen molar-refractivity contribution in [1.82, 2.24) is 0 Å². The fourth-order valence-electron chi connectivity index (χ4n) is 3.60. The lowest BCUT2D eigenvalue weighted by Gasteiger charge is -2.35. The Morgan fingerprint density at radius 3 is 2.26 bits per heavy atom. The third-order valence-corrected chi connectivity index (χ3v) is 5.09. The smallest absolute Gasteiger partial charge is 0.335 e. The lowest BCUT2D eigenvalue weighted by atomic mass is 10.0. The summed E-state index contributed by atoms with van der Waals surface area (Å²) >= 11 is 0. The van der Waals surface area contributed by atoms with Gasteiger partial charge in [0, 0.05) is 12.1 Å².